The molecule has 0 aliphatic carbocycles. The summed E-state index contributed by atoms with van der Waals surface area (Å²) in [4.78, 5) is -0.0602. The van der Waals surface area contributed by atoms with Gasteiger partial charge >= 0.3 is 29.6 Å². The van der Waals surface area contributed by atoms with Gasteiger partial charge in [0.15, 0.2) is 0 Å². The summed E-state index contributed by atoms with van der Waals surface area (Å²) in [6, 6.07) is 10.7. The van der Waals surface area contributed by atoms with Crippen molar-refractivity contribution in [1.82, 2.24) is 0 Å². The van der Waals surface area contributed by atoms with E-state index in [1.807, 2.05) is 32.0 Å². The molecule has 0 radical (unpaired) electrons. The zero-order valence-corrected chi connectivity index (χ0v) is 14.2. The second kappa shape index (κ2) is 6.37. The predicted molar refractivity (Wildman–Crippen MR) is 70.6 cm³/mol. The van der Waals surface area contributed by atoms with Crippen molar-refractivity contribution in [3.63, 3.8) is 0 Å². The number of hydrogen-bond donors (Lipinski definition) is 0. The first-order valence-corrected chi connectivity index (χ1v) is 7.33. The van der Waals surface area contributed by atoms with E-state index >= 15 is 0 Å². The summed E-state index contributed by atoms with van der Waals surface area (Å²) >= 11 is 0. The predicted octanol–water partition coefficient (Wildman–Crippen LogP) is 0.261. The van der Waals surface area contributed by atoms with E-state index < -0.39 is 10.1 Å². The van der Waals surface area contributed by atoms with Gasteiger partial charge in [-0.2, -0.15) is 0 Å². The maximum atomic E-state index is 11.5. The number of hydrogen-bond acceptors (Lipinski definition) is 3. The van der Waals surface area contributed by atoms with Gasteiger partial charge in [-0.15, -0.1) is 0 Å². The molecule has 0 heterocycles. The normalized spacial score (nSPS) is 13.0. The van der Waals surface area contributed by atoms with E-state index in [9.17, 15) is 13.0 Å². The van der Waals surface area contributed by atoms with Gasteiger partial charge in [0.1, 0.15) is 10.1 Å². The first-order valence-electron chi connectivity index (χ1n) is 5.92. The first kappa shape index (κ1) is 16.7. The van der Waals surface area contributed by atoms with Crippen LogP contribution < -0.4 is 29.6 Å². The SMILES string of the molecule is CCC(C)c1ccc2ccccc2c1S(=O)(=O)[O-].[Na+]. The van der Waals surface area contributed by atoms with Crippen LogP contribution in [0.3, 0.4) is 0 Å². The molecule has 5 heteroatoms. The maximum absolute atomic E-state index is 11.5. The molecule has 0 spiro atoms. The van der Waals surface area contributed by atoms with Gasteiger partial charge in [0, 0.05) is 0 Å². The van der Waals surface area contributed by atoms with Crippen molar-refractivity contribution < 1.29 is 42.5 Å². The molecule has 3 nitrogen and oxygen atoms in total. The number of benzene rings is 2. The molecule has 2 rings (SSSR count). The first-order chi connectivity index (χ1) is 8.45. The Morgan fingerprint density at radius 1 is 1.16 bits per heavy atom. The van der Waals surface area contributed by atoms with Crippen molar-refractivity contribution in [3.8, 4) is 0 Å². The Morgan fingerprint density at radius 2 is 1.79 bits per heavy atom. The second-order valence-electron chi connectivity index (χ2n) is 4.47. The fourth-order valence-electron chi connectivity index (χ4n) is 2.15. The molecule has 0 saturated carbocycles. The van der Waals surface area contributed by atoms with E-state index in [-0.39, 0.29) is 40.4 Å². The van der Waals surface area contributed by atoms with Gasteiger partial charge in [-0.3, -0.25) is 0 Å². The summed E-state index contributed by atoms with van der Waals surface area (Å²) in [6.07, 6.45) is 0.793. The van der Waals surface area contributed by atoms with Crippen LogP contribution >= 0.6 is 0 Å². The van der Waals surface area contributed by atoms with Gasteiger partial charge in [0.25, 0.3) is 0 Å². The fraction of sp³-hybridized carbons (Fsp3) is 0.286. The quantitative estimate of drug-likeness (QED) is 0.601. The molecule has 0 saturated heterocycles. The molecule has 0 aliphatic heterocycles. The molecule has 0 aromatic heterocycles. The van der Waals surface area contributed by atoms with Gasteiger partial charge in [-0.25, -0.2) is 8.42 Å². The number of fused-ring (bicyclic) bond motifs is 1. The van der Waals surface area contributed by atoms with Gasteiger partial charge in [0.05, 0.1) is 4.90 Å². The Kier molecular flexibility index (Phi) is 5.59. The van der Waals surface area contributed by atoms with E-state index in [4.69, 9.17) is 0 Å². The van der Waals surface area contributed by atoms with E-state index in [2.05, 4.69) is 0 Å². The van der Waals surface area contributed by atoms with Crippen molar-refractivity contribution in [1.29, 1.82) is 0 Å². The van der Waals surface area contributed by atoms with Crippen molar-refractivity contribution >= 4 is 20.9 Å². The van der Waals surface area contributed by atoms with Gasteiger partial charge < -0.3 is 4.55 Å². The molecule has 0 aliphatic rings. The van der Waals surface area contributed by atoms with Gasteiger partial charge in [-0.05, 0) is 28.7 Å². The monoisotopic (exact) mass is 286 g/mol. The summed E-state index contributed by atoms with van der Waals surface area (Å²) in [5, 5.41) is 1.30. The van der Waals surface area contributed by atoms with E-state index in [1.54, 1.807) is 18.2 Å². The smallest absolute Gasteiger partial charge is 0.744 e. The topological polar surface area (TPSA) is 57.2 Å². The average molecular weight is 286 g/mol. The fourth-order valence-corrected chi connectivity index (χ4v) is 3.16. The molecular formula is C14H15NaO3S. The van der Waals surface area contributed by atoms with Crippen molar-refractivity contribution in [2.75, 3.05) is 0 Å². The van der Waals surface area contributed by atoms with Crippen molar-refractivity contribution in [3.05, 3.63) is 42.0 Å². The van der Waals surface area contributed by atoms with Crippen LogP contribution in [0.25, 0.3) is 10.8 Å². The molecule has 2 aromatic carbocycles. The molecule has 0 fully saturated rings. The van der Waals surface area contributed by atoms with Crippen LogP contribution in [0.5, 0.6) is 0 Å². The summed E-state index contributed by atoms with van der Waals surface area (Å²) < 4.78 is 34.6. The maximum Gasteiger partial charge on any atom is 1.00 e. The van der Waals surface area contributed by atoms with Crippen LogP contribution in [0.1, 0.15) is 31.7 Å². The van der Waals surface area contributed by atoms with Crippen LogP contribution in [0.4, 0.5) is 0 Å². The van der Waals surface area contributed by atoms with Gasteiger partial charge in [0.2, 0.25) is 0 Å². The minimum Gasteiger partial charge on any atom is -0.744 e. The van der Waals surface area contributed by atoms with E-state index in [0.717, 1.165) is 11.8 Å². The molecular weight excluding hydrogens is 271 g/mol. The molecule has 0 amide bonds. The van der Waals surface area contributed by atoms with Crippen LogP contribution in [-0.4, -0.2) is 13.0 Å². The van der Waals surface area contributed by atoms with Crippen molar-refractivity contribution in [2.45, 2.75) is 31.1 Å². The summed E-state index contributed by atoms with van der Waals surface area (Å²) in [5.74, 6) is 0.0494. The molecule has 19 heavy (non-hydrogen) atoms. The van der Waals surface area contributed by atoms with Crippen LogP contribution in [0, 0.1) is 0 Å². The Labute approximate surface area is 136 Å². The van der Waals surface area contributed by atoms with Crippen LogP contribution in [0.15, 0.2) is 41.3 Å². The third kappa shape index (κ3) is 3.38. The summed E-state index contributed by atoms with van der Waals surface area (Å²) in [5.41, 5.74) is 0.617. The van der Waals surface area contributed by atoms with Crippen molar-refractivity contribution in [2.24, 2.45) is 0 Å². The Morgan fingerprint density at radius 3 is 2.37 bits per heavy atom. The molecule has 2 aromatic rings. The molecule has 0 bridgehead atoms. The largest absolute Gasteiger partial charge is 1.00 e. The third-order valence-corrected chi connectivity index (χ3v) is 4.26. The zero-order valence-electron chi connectivity index (χ0n) is 11.4. The Hall–Kier alpha value is -0.390. The molecule has 1 unspecified atom stereocenters. The molecule has 96 valence electrons. The number of rotatable bonds is 3. The van der Waals surface area contributed by atoms with Crippen LogP contribution in [-0.2, 0) is 10.1 Å². The average Bonchev–Trinajstić information content (AvgIpc) is 2.35. The minimum absolute atomic E-state index is 0. The van der Waals surface area contributed by atoms with Crippen LogP contribution in [0.2, 0.25) is 0 Å². The molecule has 1 atom stereocenters. The Bertz CT molecular complexity index is 680. The zero-order chi connectivity index (χ0) is 13.3. The molecule has 0 N–H and O–H groups in total. The minimum atomic E-state index is -4.47. The Balaban J connectivity index is 0.00000180. The standard InChI is InChI=1S/C14H16O3S.Na/c1-3-10(2)12-9-8-11-6-4-5-7-13(11)14(12)18(15,16)17;/h4-10H,3H2,1-2H3,(H,15,16,17);/q;+1/p-1. The van der Waals surface area contributed by atoms with E-state index in [0.29, 0.717) is 10.9 Å². The van der Waals surface area contributed by atoms with E-state index in [1.165, 1.54) is 0 Å². The summed E-state index contributed by atoms with van der Waals surface area (Å²) in [6.45, 7) is 3.90. The summed E-state index contributed by atoms with van der Waals surface area (Å²) in [7, 11) is -4.47. The third-order valence-electron chi connectivity index (χ3n) is 3.30. The van der Waals surface area contributed by atoms with Gasteiger partial charge in [-0.1, -0.05) is 50.2 Å². The second-order valence-corrected chi connectivity index (χ2v) is 5.78.